The van der Waals surface area contributed by atoms with Crippen LogP contribution in [0.1, 0.15) is 25.7 Å². The van der Waals surface area contributed by atoms with E-state index >= 15 is 0 Å². The van der Waals surface area contributed by atoms with E-state index in [-0.39, 0.29) is 5.54 Å². The fourth-order valence-electron chi connectivity index (χ4n) is 3.79. The zero-order valence-corrected chi connectivity index (χ0v) is 15.4. The Morgan fingerprint density at radius 2 is 1.75 bits per heavy atom. The number of carbonyl (C=O) groups is 2. The second-order valence-corrected chi connectivity index (χ2v) is 7.46. The van der Waals surface area contributed by atoms with Crippen LogP contribution >= 0.6 is 0 Å². The second-order valence-electron chi connectivity index (χ2n) is 7.46. The topological polar surface area (TPSA) is 72.9 Å². The molecule has 2 N–H and O–H groups in total. The molecule has 3 fully saturated rings. The van der Waals surface area contributed by atoms with Crippen molar-refractivity contribution in [2.24, 2.45) is 5.92 Å². The highest BCUT2D eigenvalue weighted by molar-refractivity contribution is 5.93. The van der Waals surface area contributed by atoms with Gasteiger partial charge in [-0.25, -0.2) is 4.79 Å². The van der Waals surface area contributed by atoms with E-state index in [0.717, 1.165) is 45.1 Å². The van der Waals surface area contributed by atoms with Crippen molar-refractivity contribution in [1.29, 1.82) is 0 Å². The fourth-order valence-corrected chi connectivity index (χ4v) is 3.79. The Hall–Kier alpha value is -2.29. The number of rotatable bonds is 3. The van der Waals surface area contributed by atoms with Gasteiger partial charge in [0.1, 0.15) is 5.54 Å². The van der Waals surface area contributed by atoms with E-state index in [1.807, 2.05) is 6.07 Å². The minimum atomic E-state index is -5.08. The standard InChI is InChI=1S/C17H23N3O.C2HF3O2/c21-16-17(8-10-18-11-9-17)20(15-4-2-1-3-5-15)13-19(16)12-14-6-7-14;3-2(4,5)1(6)7/h1-5,14,18H,6-13H2;(H,6,7). The summed E-state index contributed by atoms with van der Waals surface area (Å²) in [5, 5.41) is 10.5. The van der Waals surface area contributed by atoms with Crippen molar-refractivity contribution in [1.82, 2.24) is 10.2 Å². The zero-order chi connectivity index (χ0) is 20.4. The van der Waals surface area contributed by atoms with Crippen molar-refractivity contribution < 1.29 is 27.9 Å². The van der Waals surface area contributed by atoms with Crippen LogP contribution in [-0.4, -0.2) is 59.9 Å². The van der Waals surface area contributed by atoms with E-state index in [1.165, 1.54) is 18.5 Å². The Bertz CT molecular complexity index is 701. The SMILES string of the molecule is O=C(O)C(F)(F)F.O=C1N(CC2CC2)CN(c2ccccc2)C12CCNCC2. The highest BCUT2D eigenvalue weighted by Crippen LogP contribution is 2.40. The monoisotopic (exact) mass is 399 g/mol. The van der Waals surface area contributed by atoms with Crippen LogP contribution in [0.3, 0.4) is 0 Å². The minimum absolute atomic E-state index is 0.304. The van der Waals surface area contributed by atoms with E-state index < -0.39 is 12.1 Å². The van der Waals surface area contributed by atoms with Crippen LogP contribution in [0.25, 0.3) is 0 Å². The van der Waals surface area contributed by atoms with Crippen LogP contribution in [0.4, 0.5) is 18.9 Å². The summed E-state index contributed by atoms with van der Waals surface area (Å²) in [4.78, 5) is 26.4. The Morgan fingerprint density at radius 1 is 1.18 bits per heavy atom. The summed E-state index contributed by atoms with van der Waals surface area (Å²) in [5.74, 6) is -1.64. The molecule has 154 valence electrons. The van der Waals surface area contributed by atoms with E-state index in [2.05, 4.69) is 39.4 Å². The van der Waals surface area contributed by atoms with Gasteiger partial charge in [0.2, 0.25) is 5.91 Å². The van der Waals surface area contributed by atoms with Gasteiger partial charge in [-0.2, -0.15) is 13.2 Å². The molecule has 28 heavy (non-hydrogen) atoms. The smallest absolute Gasteiger partial charge is 0.475 e. The van der Waals surface area contributed by atoms with Gasteiger partial charge in [0, 0.05) is 12.2 Å². The van der Waals surface area contributed by atoms with Gasteiger partial charge in [-0.15, -0.1) is 0 Å². The molecule has 0 unspecified atom stereocenters. The van der Waals surface area contributed by atoms with E-state index in [9.17, 15) is 18.0 Å². The van der Waals surface area contributed by atoms with Gasteiger partial charge < -0.3 is 20.2 Å². The molecule has 2 saturated heterocycles. The third kappa shape index (κ3) is 4.40. The first kappa shape index (κ1) is 20.4. The van der Waals surface area contributed by atoms with Crippen LogP contribution in [-0.2, 0) is 9.59 Å². The Kier molecular flexibility index (Phi) is 5.83. The van der Waals surface area contributed by atoms with Crippen molar-refractivity contribution in [2.45, 2.75) is 37.4 Å². The lowest BCUT2D eigenvalue weighted by Gasteiger charge is -2.40. The number of aliphatic carboxylic acids is 1. The molecular formula is C19H24F3N3O3. The van der Waals surface area contributed by atoms with Crippen LogP contribution in [0.2, 0.25) is 0 Å². The number of carboxylic acid groups (broad SMARTS) is 1. The molecule has 2 heterocycles. The number of carbonyl (C=O) groups excluding carboxylic acids is 1. The number of halogens is 3. The summed E-state index contributed by atoms with van der Waals surface area (Å²) < 4.78 is 31.7. The zero-order valence-electron chi connectivity index (χ0n) is 15.4. The highest BCUT2D eigenvalue weighted by atomic mass is 19.4. The summed E-state index contributed by atoms with van der Waals surface area (Å²) in [7, 11) is 0. The predicted molar refractivity (Wildman–Crippen MR) is 96.8 cm³/mol. The molecule has 0 bridgehead atoms. The number of para-hydroxylation sites is 1. The normalized spacial score (nSPS) is 21.5. The van der Waals surface area contributed by atoms with Crippen LogP contribution in [0.5, 0.6) is 0 Å². The highest BCUT2D eigenvalue weighted by Gasteiger charge is 2.53. The number of benzene rings is 1. The molecule has 2 aliphatic heterocycles. The molecule has 0 atom stereocenters. The molecule has 6 nitrogen and oxygen atoms in total. The van der Waals surface area contributed by atoms with Crippen molar-refractivity contribution in [3.8, 4) is 0 Å². The summed E-state index contributed by atoms with van der Waals surface area (Å²) in [6.07, 6.45) is -0.656. The van der Waals surface area contributed by atoms with Crippen LogP contribution in [0.15, 0.2) is 30.3 Å². The molecule has 1 aromatic carbocycles. The second kappa shape index (κ2) is 7.98. The maximum absolute atomic E-state index is 13.1. The number of nitrogens with zero attached hydrogens (tertiary/aromatic N) is 2. The molecule has 9 heteroatoms. The Labute approximate surface area is 161 Å². The van der Waals surface area contributed by atoms with Gasteiger partial charge in [-0.05, 0) is 56.8 Å². The predicted octanol–water partition coefficient (Wildman–Crippen LogP) is 2.46. The number of anilines is 1. The summed E-state index contributed by atoms with van der Waals surface area (Å²) in [6.45, 7) is 3.59. The number of hydrogen-bond acceptors (Lipinski definition) is 4. The third-order valence-electron chi connectivity index (χ3n) is 5.43. The first-order valence-corrected chi connectivity index (χ1v) is 9.37. The van der Waals surface area contributed by atoms with Gasteiger partial charge in [-0.3, -0.25) is 4.79 Å². The summed E-state index contributed by atoms with van der Waals surface area (Å²) in [5.41, 5.74) is 0.882. The average molecular weight is 399 g/mol. The van der Waals surface area contributed by atoms with Crippen molar-refractivity contribution in [3.05, 3.63) is 30.3 Å². The maximum Gasteiger partial charge on any atom is 0.490 e. The van der Waals surface area contributed by atoms with Crippen LogP contribution in [0, 0.1) is 5.92 Å². The lowest BCUT2D eigenvalue weighted by atomic mass is 9.86. The Balaban J connectivity index is 0.000000279. The maximum atomic E-state index is 13.1. The molecule has 1 aromatic rings. The fraction of sp³-hybridized carbons (Fsp3) is 0.579. The van der Waals surface area contributed by atoms with Gasteiger partial charge in [0.05, 0.1) is 6.67 Å². The molecule has 1 spiro atoms. The minimum Gasteiger partial charge on any atom is -0.475 e. The van der Waals surface area contributed by atoms with Gasteiger partial charge >= 0.3 is 12.1 Å². The molecular weight excluding hydrogens is 375 g/mol. The van der Waals surface area contributed by atoms with Crippen molar-refractivity contribution in [2.75, 3.05) is 31.2 Å². The van der Waals surface area contributed by atoms with Gasteiger partial charge in [0.15, 0.2) is 0 Å². The van der Waals surface area contributed by atoms with Gasteiger partial charge in [0.25, 0.3) is 0 Å². The van der Waals surface area contributed by atoms with Crippen molar-refractivity contribution in [3.63, 3.8) is 0 Å². The van der Waals surface area contributed by atoms with Gasteiger partial charge in [-0.1, -0.05) is 18.2 Å². The first-order chi connectivity index (χ1) is 13.2. The summed E-state index contributed by atoms with van der Waals surface area (Å²) >= 11 is 0. The number of nitrogens with one attached hydrogen (secondary N) is 1. The van der Waals surface area contributed by atoms with E-state index in [1.54, 1.807) is 0 Å². The van der Waals surface area contributed by atoms with Crippen LogP contribution < -0.4 is 10.2 Å². The molecule has 0 radical (unpaired) electrons. The number of hydrogen-bond donors (Lipinski definition) is 2. The number of carboxylic acids is 1. The molecule has 1 saturated carbocycles. The molecule has 4 rings (SSSR count). The molecule has 3 aliphatic rings. The number of piperidine rings is 1. The van der Waals surface area contributed by atoms with E-state index in [4.69, 9.17) is 9.90 Å². The molecule has 0 aromatic heterocycles. The Morgan fingerprint density at radius 3 is 2.25 bits per heavy atom. The average Bonchev–Trinajstić information content (AvgIpc) is 3.45. The quantitative estimate of drug-likeness (QED) is 0.817. The largest absolute Gasteiger partial charge is 0.490 e. The molecule has 1 amide bonds. The molecule has 1 aliphatic carbocycles. The third-order valence-corrected chi connectivity index (χ3v) is 5.43. The lowest BCUT2D eigenvalue weighted by molar-refractivity contribution is -0.192. The first-order valence-electron chi connectivity index (χ1n) is 9.37. The number of amides is 1. The lowest BCUT2D eigenvalue weighted by Crippen LogP contribution is -2.55. The van der Waals surface area contributed by atoms with E-state index in [0.29, 0.717) is 5.91 Å². The summed E-state index contributed by atoms with van der Waals surface area (Å²) in [6, 6.07) is 10.4. The van der Waals surface area contributed by atoms with Crippen molar-refractivity contribution >= 4 is 17.6 Å². The number of alkyl halides is 3.